The number of ether oxygens (including phenoxy) is 6. The van der Waals surface area contributed by atoms with Gasteiger partial charge in [0.1, 0.15) is 22.7 Å². The molecule has 2 unspecified atom stereocenters. The van der Waals surface area contributed by atoms with E-state index in [0.717, 1.165) is 25.7 Å². The molecule has 3 aliphatic heterocycles. The Hall–Kier alpha value is -3.24. The summed E-state index contributed by atoms with van der Waals surface area (Å²) in [5.74, 6) is -4.05. The number of fused-ring (bicyclic) bond motifs is 4. The van der Waals surface area contributed by atoms with Crippen LogP contribution in [0.4, 0.5) is 0 Å². The van der Waals surface area contributed by atoms with Gasteiger partial charge >= 0.3 is 11.9 Å². The van der Waals surface area contributed by atoms with Gasteiger partial charge in [-0.3, -0.25) is 9.59 Å². The number of hydrogen-bond acceptors (Lipinski definition) is 10. The standard InChI is InChI=1S/C30H40O10/c1-35-27(33)25-21(31)13-9-5-7-12-18-30(38-4)20-16-24(40-30)26(28(34)36-2)22(32)14-10-6-8-11-17-29(37-3)19-15-23(25)39-29/h15-16,19-20H,5-14,17-18H2,1-4H3/b25-23+,26-24+. The van der Waals surface area contributed by atoms with Gasteiger partial charge in [0.25, 0.3) is 0 Å². The maximum Gasteiger partial charge on any atom is 0.345 e. The van der Waals surface area contributed by atoms with Crippen molar-refractivity contribution in [2.24, 2.45) is 0 Å². The van der Waals surface area contributed by atoms with E-state index >= 15 is 0 Å². The second-order valence-corrected chi connectivity index (χ2v) is 10.0. The fourth-order valence-electron chi connectivity index (χ4n) is 5.05. The zero-order chi connectivity index (χ0) is 29.2. The molecule has 0 aliphatic carbocycles. The number of rotatable bonds is 4. The first-order valence-corrected chi connectivity index (χ1v) is 13.8. The van der Waals surface area contributed by atoms with Crippen LogP contribution in [0.3, 0.4) is 0 Å². The summed E-state index contributed by atoms with van der Waals surface area (Å²) in [7, 11) is 5.49. The van der Waals surface area contributed by atoms with Gasteiger partial charge in [0.05, 0.1) is 14.2 Å². The highest BCUT2D eigenvalue weighted by Crippen LogP contribution is 2.36. The van der Waals surface area contributed by atoms with E-state index < -0.39 is 23.5 Å². The average molecular weight is 561 g/mol. The summed E-state index contributed by atoms with van der Waals surface area (Å²) >= 11 is 0. The zero-order valence-corrected chi connectivity index (χ0v) is 23.9. The van der Waals surface area contributed by atoms with Crippen LogP contribution in [0, 0.1) is 0 Å². The lowest BCUT2D eigenvalue weighted by Crippen LogP contribution is -2.30. The van der Waals surface area contributed by atoms with Crippen LogP contribution in [0.1, 0.15) is 77.0 Å². The molecule has 0 saturated carbocycles. The first-order valence-electron chi connectivity index (χ1n) is 13.8. The third-order valence-corrected chi connectivity index (χ3v) is 7.42. The highest BCUT2D eigenvalue weighted by molar-refractivity contribution is 6.18. The van der Waals surface area contributed by atoms with Crippen LogP contribution in [0.15, 0.2) is 47.0 Å². The van der Waals surface area contributed by atoms with Gasteiger partial charge in [-0.25, -0.2) is 9.59 Å². The van der Waals surface area contributed by atoms with E-state index in [0.29, 0.717) is 38.5 Å². The molecule has 3 aliphatic rings. The summed E-state index contributed by atoms with van der Waals surface area (Å²) in [6.45, 7) is 0. The van der Waals surface area contributed by atoms with Gasteiger partial charge in [-0.05, 0) is 50.0 Å². The van der Waals surface area contributed by atoms with Crippen molar-refractivity contribution in [1.29, 1.82) is 0 Å². The Labute approximate surface area is 235 Å². The molecule has 0 amide bonds. The Kier molecular flexibility index (Phi) is 11.3. The summed E-state index contributed by atoms with van der Waals surface area (Å²) in [4.78, 5) is 51.1. The number of methoxy groups -OCH3 is 4. The Morgan fingerprint density at radius 2 is 1.00 bits per heavy atom. The Balaban J connectivity index is 1.80. The normalized spacial score (nSPS) is 30.6. The first kappa shape index (κ1) is 31.3. The fraction of sp³-hybridized carbons (Fsp3) is 0.600. The molecule has 0 spiro atoms. The molecule has 0 N–H and O–H groups in total. The van der Waals surface area contributed by atoms with Crippen molar-refractivity contribution in [3.63, 3.8) is 0 Å². The van der Waals surface area contributed by atoms with Crippen molar-refractivity contribution in [3.8, 4) is 0 Å². The van der Waals surface area contributed by atoms with Crippen LogP contribution < -0.4 is 0 Å². The summed E-state index contributed by atoms with van der Waals surface area (Å²) in [5.41, 5.74) is -0.219. The molecular weight excluding hydrogens is 520 g/mol. The van der Waals surface area contributed by atoms with Crippen molar-refractivity contribution in [2.45, 2.75) is 88.6 Å². The number of carbonyl (C=O) groups excluding carboxylic acids is 4. The molecule has 10 nitrogen and oxygen atoms in total. The number of Topliss-reactive ketones (excluding diaryl/α,β-unsaturated/α-hetero) is 2. The smallest absolute Gasteiger partial charge is 0.345 e. The minimum atomic E-state index is -1.09. The molecule has 0 fully saturated rings. The minimum absolute atomic E-state index is 0.109. The van der Waals surface area contributed by atoms with Gasteiger partial charge in [0.2, 0.25) is 11.6 Å². The molecular formula is C30H40O10. The molecule has 3 rings (SSSR count). The van der Waals surface area contributed by atoms with Crippen molar-refractivity contribution in [3.05, 3.63) is 47.0 Å². The topological polar surface area (TPSA) is 124 Å². The van der Waals surface area contributed by atoms with Crippen molar-refractivity contribution in [2.75, 3.05) is 28.4 Å². The van der Waals surface area contributed by atoms with Crippen LogP contribution in [0.25, 0.3) is 0 Å². The lowest BCUT2D eigenvalue weighted by Gasteiger charge is -2.27. The van der Waals surface area contributed by atoms with Gasteiger partial charge in [-0.15, -0.1) is 0 Å². The van der Waals surface area contributed by atoms with E-state index in [2.05, 4.69) is 0 Å². The maximum absolute atomic E-state index is 13.0. The quantitative estimate of drug-likeness (QED) is 0.358. The first-order chi connectivity index (χ1) is 19.2. The van der Waals surface area contributed by atoms with E-state index in [1.807, 2.05) is 0 Å². The number of hydrogen-bond donors (Lipinski definition) is 0. The maximum atomic E-state index is 13.0. The van der Waals surface area contributed by atoms with Crippen LogP contribution >= 0.6 is 0 Å². The van der Waals surface area contributed by atoms with Gasteiger partial charge < -0.3 is 28.4 Å². The third kappa shape index (κ3) is 7.48. The molecule has 40 heavy (non-hydrogen) atoms. The summed E-state index contributed by atoms with van der Waals surface area (Å²) in [6.07, 6.45) is 13.4. The number of carbonyl (C=O) groups is 4. The highest BCUT2D eigenvalue weighted by atomic mass is 16.7. The van der Waals surface area contributed by atoms with Crippen molar-refractivity contribution >= 4 is 23.5 Å². The zero-order valence-electron chi connectivity index (χ0n) is 23.9. The lowest BCUT2D eigenvalue weighted by molar-refractivity contribution is -0.159. The van der Waals surface area contributed by atoms with Crippen molar-refractivity contribution < 1.29 is 47.6 Å². The monoisotopic (exact) mass is 560 g/mol. The van der Waals surface area contributed by atoms with Gasteiger partial charge in [-0.2, -0.15) is 0 Å². The van der Waals surface area contributed by atoms with Gasteiger partial charge in [0.15, 0.2) is 11.6 Å². The van der Waals surface area contributed by atoms with Crippen LogP contribution in [-0.2, 0) is 47.6 Å². The van der Waals surface area contributed by atoms with Crippen molar-refractivity contribution in [1.82, 2.24) is 0 Å². The molecule has 0 aromatic rings. The van der Waals surface area contributed by atoms with E-state index in [9.17, 15) is 19.2 Å². The van der Waals surface area contributed by atoms with Gasteiger partial charge in [0, 0.05) is 39.9 Å². The molecule has 0 radical (unpaired) electrons. The third-order valence-electron chi connectivity index (χ3n) is 7.42. The van der Waals surface area contributed by atoms with E-state index in [-0.39, 0.29) is 47.1 Å². The summed E-state index contributed by atoms with van der Waals surface area (Å²) in [6, 6.07) is 0. The molecule has 4 bridgehead atoms. The Morgan fingerprint density at radius 1 is 0.625 bits per heavy atom. The molecule has 3 heterocycles. The second kappa shape index (κ2) is 14.4. The predicted molar refractivity (Wildman–Crippen MR) is 143 cm³/mol. The number of allylic oxidation sites excluding steroid dienone is 2. The molecule has 0 aromatic carbocycles. The van der Waals surface area contributed by atoms with Crippen LogP contribution in [-0.4, -0.2) is 63.5 Å². The minimum Gasteiger partial charge on any atom is -0.465 e. The Bertz CT molecular complexity index is 1010. The number of esters is 2. The largest absolute Gasteiger partial charge is 0.465 e. The molecule has 0 aromatic heterocycles. The van der Waals surface area contributed by atoms with Crippen LogP contribution in [0.2, 0.25) is 0 Å². The van der Waals surface area contributed by atoms with Crippen LogP contribution in [0.5, 0.6) is 0 Å². The lowest BCUT2D eigenvalue weighted by atomic mass is 10.0. The Morgan fingerprint density at radius 3 is 1.35 bits per heavy atom. The number of ketones is 2. The average Bonchev–Trinajstić information content (AvgIpc) is 3.57. The van der Waals surface area contributed by atoms with E-state index in [4.69, 9.17) is 28.4 Å². The molecule has 2 atom stereocenters. The molecule has 220 valence electrons. The highest BCUT2D eigenvalue weighted by Gasteiger charge is 2.39. The van der Waals surface area contributed by atoms with Gasteiger partial charge in [-0.1, -0.05) is 25.7 Å². The second-order valence-electron chi connectivity index (χ2n) is 10.0. The van der Waals surface area contributed by atoms with E-state index in [1.54, 1.807) is 24.3 Å². The molecule has 10 heteroatoms. The fourth-order valence-corrected chi connectivity index (χ4v) is 5.05. The molecule has 0 saturated heterocycles. The SMILES string of the molecule is COC(=O)/C1=C2\C=CC(OC)(CCCCCCC(=O)/C(C(=O)OC)=C3/C=CC(OC)(CCCCCCC1=O)O3)O2. The predicted octanol–water partition coefficient (Wildman–Crippen LogP) is 4.53. The summed E-state index contributed by atoms with van der Waals surface area (Å²) in [5, 5.41) is 0. The summed E-state index contributed by atoms with van der Waals surface area (Å²) < 4.78 is 33.1. The van der Waals surface area contributed by atoms with E-state index in [1.165, 1.54) is 28.4 Å².